The molecule has 0 aliphatic heterocycles. The van der Waals surface area contributed by atoms with E-state index in [0.29, 0.717) is 6.10 Å². The molecule has 0 bridgehead atoms. The molecular formula is C15H23O. The Hall–Kier alpha value is -0.820. The number of rotatable bonds is 1. The van der Waals surface area contributed by atoms with E-state index in [1.165, 1.54) is 5.56 Å². The van der Waals surface area contributed by atoms with Gasteiger partial charge >= 0.3 is 0 Å². The predicted molar refractivity (Wildman–Crippen MR) is 68.9 cm³/mol. The SMILES string of the molecule is CC(C)(C)[C](O)c1ccccc1C(C)(C)C. The summed E-state index contributed by atoms with van der Waals surface area (Å²) in [5, 5.41) is 10.3. The maximum absolute atomic E-state index is 10.3. The summed E-state index contributed by atoms with van der Waals surface area (Å²) in [5.41, 5.74) is 2.02. The molecule has 1 aromatic carbocycles. The summed E-state index contributed by atoms with van der Waals surface area (Å²) in [4.78, 5) is 0. The second-order valence-electron chi connectivity index (χ2n) is 6.39. The first-order chi connectivity index (χ1) is 7.14. The lowest BCUT2D eigenvalue weighted by molar-refractivity contribution is 0.201. The second-order valence-corrected chi connectivity index (χ2v) is 6.39. The summed E-state index contributed by atoms with van der Waals surface area (Å²) in [6.45, 7) is 12.6. The van der Waals surface area contributed by atoms with Gasteiger partial charge in [-0.3, -0.25) is 0 Å². The van der Waals surface area contributed by atoms with Crippen molar-refractivity contribution in [2.45, 2.75) is 47.0 Å². The molecule has 1 rings (SSSR count). The fraction of sp³-hybridized carbons (Fsp3) is 0.533. The van der Waals surface area contributed by atoms with Gasteiger partial charge < -0.3 is 5.11 Å². The lowest BCUT2D eigenvalue weighted by atomic mass is 9.77. The summed E-state index contributed by atoms with van der Waals surface area (Å²) in [6, 6.07) is 8.10. The molecule has 1 aromatic rings. The van der Waals surface area contributed by atoms with Crippen molar-refractivity contribution in [3.63, 3.8) is 0 Å². The smallest absolute Gasteiger partial charge is 0.128 e. The number of hydrogen-bond donors (Lipinski definition) is 1. The standard InChI is InChI=1S/C15H23O/c1-14(2,3)12-10-8-7-9-11(12)13(16)15(4,5)6/h7-10,16H,1-6H3. The first-order valence-corrected chi connectivity index (χ1v) is 5.80. The topological polar surface area (TPSA) is 20.2 Å². The van der Waals surface area contributed by atoms with Gasteiger partial charge in [0.2, 0.25) is 0 Å². The molecule has 0 saturated heterocycles. The molecule has 0 saturated carbocycles. The molecule has 0 amide bonds. The Morgan fingerprint density at radius 2 is 1.44 bits per heavy atom. The van der Waals surface area contributed by atoms with Crippen molar-refractivity contribution < 1.29 is 5.11 Å². The summed E-state index contributed by atoms with van der Waals surface area (Å²) in [5.74, 6) is 0. The first-order valence-electron chi connectivity index (χ1n) is 5.80. The highest BCUT2D eigenvalue weighted by atomic mass is 16.3. The van der Waals surface area contributed by atoms with Crippen LogP contribution >= 0.6 is 0 Å². The van der Waals surface area contributed by atoms with Crippen LogP contribution in [0.3, 0.4) is 0 Å². The highest BCUT2D eigenvalue weighted by Crippen LogP contribution is 2.37. The van der Waals surface area contributed by atoms with Crippen molar-refractivity contribution in [2.24, 2.45) is 5.41 Å². The molecule has 0 aliphatic rings. The van der Waals surface area contributed by atoms with Gasteiger partial charge in [0, 0.05) is 0 Å². The molecule has 0 unspecified atom stereocenters. The van der Waals surface area contributed by atoms with Gasteiger partial charge in [-0.1, -0.05) is 65.8 Å². The highest BCUT2D eigenvalue weighted by molar-refractivity contribution is 5.41. The molecule has 1 N–H and O–H groups in total. The Morgan fingerprint density at radius 1 is 0.938 bits per heavy atom. The van der Waals surface area contributed by atoms with E-state index in [0.717, 1.165) is 5.56 Å². The second kappa shape index (κ2) is 4.21. The maximum atomic E-state index is 10.3. The normalized spacial score (nSPS) is 13.2. The molecule has 1 heteroatoms. The minimum Gasteiger partial charge on any atom is -0.381 e. The van der Waals surface area contributed by atoms with Crippen LogP contribution in [0.1, 0.15) is 52.7 Å². The molecule has 16 heavy (non-hydrogen) atoms. The zero-order chi connectivity index (χ0) is 12.6. The van der Waals surface area contributed by atoms with Crippen molar-refractivity contribution in [1.29, 1.82) is 0 Å². The van der Waals surface area contributed by atoms with E-state index in [9.17, 15) is 5.11 Å². The van der Waals surface area contributed by atoms with Crippen molar-refractivity contribution in [1.82, 2.24) is 0 Å². The maximum Gasteiger partial charge on any atom is 0.128 e. The van der Waals surface area contributed by atoms with Gasteiger partial charge in [0.05, 0.1) is 0 Å². The molecule has 0 heterocycles. The van der Waals surface area contributed by atoms with Crippen LogP contribution in [0.15, 0.2) is 24.3 Å². The van der Waals surface area contributed by atoms with E-state index in [4.69, 9.17) is 0 Å². The third-order valence-electron chi connectivity index (χ3n) is 2.70. The molecule has 0 fully saturated rings. The van der Waals surface area contributed by atoms with Crippen LogP contribution in [0, 0.1) is 11.5 Å². The van der Waals surface area contributed by atoms with Crippen LogP contribution in [-0.2, 0) is 5.41 Å². The molecule has 1 nitrogen and oxygen atoms in total. The number of benzene rings is 1. The lowest BCUT2D eigenvalue weighted by Gasteiger charge is -2.30. The zero-order valence-electron chi connectivity index (χ0n) is 11.3. The molecule has 0 spiro atoms. The lowest BCUT2D eigenvalue weighted by Crippen LogP contribution is -2.23. The van der Waals surface area contributed by atoms with Gasteiger partial charge in [-0.2, -0.15) is 0 Å². The van der Waals surface area contributed by atoms with Crippen molar-refractivity contribution >= 4 is 0 Å². The number of aliphatic hydroxyl groups is 1. The minimum absolute atomic E-state index is 0.0514. The van der Waals surface area contributed by atoms with Crippen LogP contribution < -0.4 is 0 Å². The van der Waals surface area contributed by atoms with Gasteiger partial charge in [0.1, 0.15) is 6.10 Å². The van der Waals surface area contributed by atoms with E-state index >= 15 is 0 Å². The van der Waals surface area contributed by atoms with Gasteiger partial charge in [0.15, 0.2) is 0 Å². The molecule has 1 radical (unpaired) electrons. The summed E-state index contributed by atoms with van der Waals surface area (Å²) in [7, 11) is 0. The van der Waals surface area contributed by atoms with Crippen molar-refractivity contribution in [3.8, 4) is 0 Å². The Labute approximate surface area is 99.5 Å². The third-order valence-corrected chi connectivity index (χ3v) is 2.70. The van der Waals surface area contributed by atoms with Crippen LogP contribution in [0.25, 0.3) is 0 Å². The third kappa shape index (κ3) is 2.85. The minimum atomic E-state index is -0.207. The first kappa shape index (κ1) is 13.2. The molecule has 0 atom stereocenters. The largest absolute Gasteiger partial charge is 0.381 e. The van der Waals surface area contributed by atoms with Gasteiger partial charge in [-0.05, 0) is 22.0 Å². The molecule has 0 aliphatic carbocycles. The van der Waals surface area contributed by atoms with Gasteiger partial charge in [0.25, 0.3) is 0 Å². The van der Waals surface area contributed by atoms with E-state index in [2.05, 4.69) is 26.8 Å². The van der Waals surface area contributed by atoms with Crippen LogP contribution in [0.5, 0.6) is 0 Å². The predicted octanol–water partition coefficient (Wildman–Crippen LogP) is 4.28. The average molecular weight is 219 g/mol. The zero-order valence-corrected chi connectivity index (χ0v) is 11.3. The highest BCUT2D eigenvalue weighted by Gasteiger charge is 2.29. The summed E-state index contributed by atoms with van der Waals surface area (Å²) in [6.07, 6.45) is 0.470. The monoisotopic (exact) mass is 219 g/mol. The van der Waals surface area contributed by atoms with E-state index in [1.807, 2.05) is 39.0 Å². The quantitative estimate of drug-likeness (QED) is 0.747. The molecule has 0 aromatic heterocycles. The van der Waals surface area contributed by atoms with Crippen LogP contribution in [-0.4, -0.2) is 5.11 Å². The Balaban J connectivity index is 3.25. The number of aliphatic hydroxyl groups excluding tert-OH is 1. The fourth-order valence-corrected chi connectivity index (χ4v) is 1.75. The molecular weight excluding hydrogens is 196 g/mol. The van der Waals surface area contributed by atoms with E-state index < -0.39 is 0 Å². The van der Waals surface area contributed by atoms with Crippen LogP contribution in [0.2, 0.25) is 0 Å². The summed E-state index contributed by atoms with van der Waals surface area (Å²) < 4.78 is 0. The van der Waals surface area contributed by atoms with E-state index in [1.54, 1.807) is 0 Å². The summed E-state index contributed by atoms with van der Waals surface area (Å²) >= 11 is 0. The van der Waals surface area contributed by atoms with Crippen LogP contribution in [0.4, 0.5) is 0 Å². The van der Waals surface area contributed by atoms with E-state index in [-0.39, 0.29) is 10.8 Å². The van der Waals surface area contributed by atoms with Gasteiger partial charge in [-0.15, -0.1) is 0 Å². The Morgan fingerprint density at radius 3 is 1.88 bits per heavy atom. The molecule has 89 valence electrons. The fourth-order valence-electron chi connectivity index (χ4n) is 1.75. The van der Waals surface area contributed by atoms with Gasteiger partial charge in [-0.25, -0.2) is 0 Å². The Bertz CT molecular complexity index is 352. The number of hydrogen-bond acceptors (Lipinski definition) is 1. The average Bonchev–Trinajstić information content (AvgIpc) is 2.14. The van der Waals surface area contributed by atoms with Crippen molar-refractivity contribution in [3.05, 3.63) is 41.5 Å². The Kier molecular flexibility index (Phi) is 3.49. The van der Waals surface area contributed by atoms with Crippen molar-refractivity contribution in [2.75, 3.05) is 0 Å².